The van der Waals surface area contributed by atoms with Crippen molar-refractivity contribution in [2.75, 3.05) is 28.7 Å². The van der Waals surface area contributed by atoms with Crippen LogP contribution < -0.4 is 10.6 Å². The quantitative estimate of drug-likeness (QED) is 0.723. The first-order valence-electron chi connectivity index (χ1n) is 8.71. The first-order chi connectivity index (χ1) is 12.8. The number of aryl methyl sites for hydroxylation is 1. The van der Waals surface area contributed by atoms with E-state index in [1.165, 1.54) is 0 Å². The highest BCUT2D eigenvalue weighted by molar-refractivity contribution is 7.91. The topological polar surface area (TPSA) is 110 Å². The summed E-state index contributed by atoms with van der Waals surface area (Å²) in [6.07, 6.45) is 0.573. The van der Waals surface area contributed by atoms with Crippen LogP contribution in [0.5, 0.6) is 0 Å². The second kappa shape index (κ2) is 7.91. The lowest BCUT2D eigenvalue weighted by atomic mass is 10.2. The van der Waals surface area contributed by atoms with Crippen molar-refractivity contribution in [3.05, 3.63) is 41.7 Å². The fraction of sp³-hybridized carbons (Fsp3) is 0.389. The second-order valence-electron chi connectivity index (χ2n) is 6.35. The van der Waals surface area contributed by atoms with Gasteiger partial charge in [-0.1, -0.05) is 0 Å². The van der Waals surface area contributed by atoms with Gasteiger partial charge in [0.15, 0.2) is 9.84 Å². The van der Waals surface area contributed by atoms with Gasteiger partial charge in [0.2, 0.25) is 0 Å². The Balaban J connectivity index is 1.70. The molecule has 144 valence electrons. The fourth-order valence-electron chi connectivity index (χ4n) is 2.88. The Hall–Kier alpha value is -2.68. The van der Waals surface area contributed by atoms with Crippen molar-refractivity contribution in [3.63, 3.8) is 0 Å². The third kappa shape index (κ3) is 5.16. The van der Waals surface area contributed by atoms with Crippen LogP contribution in [0.3, 0.4) is 0 Å². The van der Waals surface area contributed by atoms with Crippen LogP contribution >= 0.6 is 0 Å². The predicted octanol–water partition coefficient (Wildman–Crippen LogP) is 2.30. The molecule has 8 nitrogen and oxygen atoms in total. The van der Waals surface area contributed by atoms with Crippen molar-refractivity contribution < 1.29 is 17.9 Å². The number of rotatable bonds is 6. The van der Waals surface area contributed by atoms with Crippen molar-refractivity contribution in [2.45, 2.75) is 26.3 Å². The fourth-order valence-corrected chi connectivity index (χ4v) is 4.55. The minimum atomic E-state index is -2.96. The maximum absolute atomic E-state index is 11.7. The summed E-state index contributed by atoms with van der Waals surface area (Å²) in [6, 6.07) is 8.48. The normalized spacial score (nSPS) is 18.1. The predicted molar refractivity (Wildman–Crippen MR) is 103 cm³/mol. The van der Waals surface area contributed by atoms with Gasteiger partial charge in [0, 0.05) is 17.8 Å². The molecule has 2 heterocycles. The second-order valence-corrected chi connectivity index (χ2v) is 8.58. The van der Waals surface area contributed by atoms with E-state index in [2.05, 4.69) is 20.6 Å². The molecule has 0 saturated carbocycles. The smallest absolute Gasteiger partial charge is 0.338 e. The van der Waals surface area contributed by atoms with Gasteiger partial charge in [-0.15, -0.1) is 0 Å². The van der Waals surface area contributed by atoms with Crippen LogP contribution in [0, 0.1) is 6.92 Å². The number of benzene rings is 1. The van der Waals surface area contributed by atoms with Crippen LogP contribution in [0.15, 0.2) is 30.3 Å². The van der Waals surface area contributed by atoms with E-state index in [0.717, 1.165) is 5.69 Å². The van der Waals surface area contributed by atoms with Gasteiger partial charge >= 0.3 is 5.97 Å². The van der Waals surface area contributed by atoms with E-state index in [-0.39, 0.29) is 23.5 Å². The molecule has 2 N–H and O–H groups in total. The average molecular weight is 390 g/mol. The summed E-state index contributed by atoms with van der Waals surface area (Å²) in [6.45, 7) is 3.86. The van der Waals surface area contributed by atoms with Gasteiger partial charge in [-0.3, -0.25) is 0 Å². The molecule has 3 rings (SSSR count). The van der Waals surface area contributed by atoms with Crippen LogP contribution in [-0.4, -0.2) is 48.5 Å². The van der Waals surface area contributed by atoms with E-state index < -0.39 is 9.84 Å². The Labute approximate surface area is 158 Å². The summed E-state index contributed by atoms with van der Waals surface area (Å²) >= 11 is 0. The van der Waals surface area contributed by atoms with Gasteiger partial charge in [0.05, 0.1) is 23.7 Å². The monoisotopic (exact) mass is 390 g/mol. The molecule has 27 heavy (non-hydrogen) atoms. The number of ether oxygens (including phenoxy) is 1. The Kier molecular flexibility index (Phi) is 5.59. The number of nitrogens with zero attached hydrogens (tertiary/aromatic N) is 2. The van der Waals surface area contributed by atoms with Gasteiger partial charge in [-0.2, -0.15) is 0 Å². The SMILES string of the molecule is CCOC(=O)c1ccc(Nc2cc(NC3CCS(=O)(=O)C3)nc(C)n2)cc1. The van der Waals surface area contributed by atoms with Crippen LogP contribution in [-0.2, 0) is 14.6 Å². The van der Waals surface area contributed by atoms with Crippen molar-refractivity contribution in [1.82, 2.24) is 9.97 Å². The van der Waals surface area contributed by atoms with Gasteiger partial charge < -0.3 is 15.4 Å². The first-order valence-corrected chi connectivity index (χ1v) is 10.5. The summed E-state index contributed by atoms with van der Waals surface area (Å²) in [5, 5.41) is 6.33. The van der Waals surface area contributed by atoms with Crippen LogP contribution in [0.4, 0.5) is 17.3 Å². The molecule has 1 aromatic heterocycles. The van der Waals surface area contributed by atoms with Gasteiger partial charge in [-0.05, 0) is 44.5 Å². The molecule has 1 atom stereocenters. The Morgan fingerprint density at radius 3 is 2.56 bits per heavy atom. The van der Waals surface area contributed by atoms with Crippen molar-refractivity contribution >= 4 is 33.1 Å². The highest BCUT2D eigenvalue weighted by Gasteiger charge is 2.28. The number of anilines is 3. The number of hydrogen-bond acceptors (Lipinski definition) is 8. The van der Waals surface area contributed by atoms with Crippen LogP contribution in [0.25, 0.3) is 0 Å². The third-order valence-corrected chi connectivity index (χ3v) is 5.86. The largest absolute Gasteiger partial charge is 0.462 e. The van der Waals surface area contributed by atoms with E-state index in [9.17, 15) is 13.2 Å². The Morgan fingerprint density at radius 2 is 1.93 bits per heavy atom. The van der Waals surface area contributed by atoms with E-state index in [1.54, 1.807) is 44.2 Å². The molecule has 1 unspecified atom stereocenters. The minimum absolute atomic E-state index is 0.119. The summed E-state index contributed by atoms with van der Waals surface area (Å²) in [5.41, 5.74) is 1.24. The average Bonchev–Trinajstić information content (AvgIpc) is 2.93. The Bertz CT molecular complexity index is 929. The lowest BCUT2D eigenvalue weighted by molar-refractivity contribution is 0.0526. The molecule has 0 amide bonds. The molecule has 0 bridgehead atoms. The summed E-state index contributed by atoms with van der Waals surface area (Å²) in [5.74, 6) is 1.68. The molecular weight excluding hydrogens is 368 g/mol. The number of nitrogens with one attached hydrogen (secondary N) is 2. The summed E-state index contributed by atoms with van der Waals surface area (Å²) in [4.78, 5) is 20.4. The lowest BCUT2D eigenvalue weighted by Gasteiger charge is -2.14. The standard InChI is InChI=1S/C18H22N4O4S/c1-3-26-18(23)13-4-6-14(7-5-13)21-16-10-17(20-12(2)19-16)22-15-8-9-27(24,25)11-15/h4-7,10,15H,3,8-9,11H2,1-2H3,(H2,19,20,21,22). The van der Waals surface area contributed by atoms with Crippen molar-refractivity contribution in [2.24, 2.45) is 0 Å². The highest BCUT2D eigenvalue weighted by atomic mass is 32.2. The van der Waals surface area contributed by atoms with Gasteiger partial charge in [0.25, 0.3) is 0 Å². The van der Waals surface area contributed by atoms with E-state index in [4.69, 9.17) is 4.74 Å². The number of carbonyl (C=O) groups excluding carboxylic acids is 1. The highest BCUT2D eigenvalue weighted by Crippen LogP contribution is 2.21. The van der Waals surface area contributed by atoms with Gasteiger partial charge in [-0.25, -0.2) is 23.2 Å². The number of aromatic nitrogens is 2. The molecule has 0 radical (unpaired) electrons. The molecule has 2 aromatic rings. The Morgan fingerprint density at radius 1 is 1.22 bits per heavy atom. The zero-order valence-corrected chi connectivity index (χ0v) is 16.0. The van der Waals surface area contributed by atoms with E-state index in [1.807, 2.05) is 0 Å². The van der Waals surface area contributed by atoms with Crippen molar-refractivity contribution in [1.29, 1.82) is 0 Å². The van der Waals surface area contributed by atoms with Crippen molar-refractivity contribution in [3.8, 4) is 0 Å². The van der Waals surface area contributed by atoms with Gasteiger partial charge in [0.1, 0.15) is 17.5 Å². The molecular formula is C18H22N4O4S. The molecule has 0 aliphatic carbocycles. The summed E-state index contributed by atoms with van der Waals surface area (Å²) in [7, 11) is -2.96. The number of carbonyl (C=O) groups is 1. The lowest BCUT2D eigenvalue weighted by Crippen LogP contribution is -2.21. The third-order valence-electron chi connectivity index (χ3n) is 4.09. The molecule has 0 spiro atoms. The summed E-state index contributed by atoms with van der Waals surface area (Å²) < 4.78 is 28.2. The zero-order valence-electron chi connectivity index (χ0n) is 15.2. The number of hydrogen-bond donors (Lipinski definition) is 2. The molecule has 1 aliphatic rings. The van der Waals surface area contributed by atoms with Crippen LogP contribution in [0.2, 0.25) is 0 Å². The van der Waals surface area contributed by atoms with E-state index >= 15 is 0 Å². The first kappa shape index (κ1) is 19.1. The van der Waals surface area contributed by atoms with E-state index in [0.29, 0.717) is 36.1 Å². The number of esters is 1. The molecule has 1 saturated heterocycles. The molecule has 9 heteroatoms. The molecule has 1 aliphatic heterocycles. The maximum Gasteiger partial charge on any atom is 0.338 e. The minimum Gasteiger partial charge on any atom is -0.462 e. The zero-order chi connectivity index (χ0) is 19.4. The number of sulfone groups is 1. The maximum atomic E-state index is 11.7. The van der Waals surface area contributed by atoms with Crippen LogP contribution in [0.1, 0.15) is 29.5 Å². The molecule has 1 aromatic carbocycles. The molecule has 1 fully saturated rings.